The highest BCUT2D eigenvalue weighted by Crippen LogP contribution is 2.33. The van der Waals surface area contributed by atoms with Crippen molar-refractivity contribution in [1.82, 2.24) is 43.7 Å². The number of rotatable bonds is 18. The number of piperazine rings is 1. The number of hydrogen-bond donors (Lipinski definition) is 3. The van der Waals surface area contributed by atoms with Gasteiger partial charge in [0.05, 0.1) is 39.6 Å². The van der Waals surface area contributed by atoms with Crippen molar-refractivity contribution >= 4 is 87.0 Å². The molecule has 6 aromatic rings. The smallest absolute Gasteiger partial charge is 0.276 e. The molecule has 7 rings (SSSR count). The molecule has 2 aromatic carbocycles. The molecule has 0 bridgehead atoms. The lowest BCUT2D eigenvalue weighted by atomic mass is 10.1. The van der Waals surface area contributed by atoms with E-state index in [1.54, 1.807) is 46.5 Å². The minimum absolute atomic E-state index is 0.0742. The number of benzene rings is 2. The highest BCUT2D eigenvalue weighted by atomic mass is 32.2. The van der Waals surface area contributed by atoms with Gasteiger partial charge in [0.15, 0.2) is 0 Å². The first kappa shape index (κ1) is 45.6. The molecule has 0 radical (unpaired) electrons. The van der Waals surface area contributed by atoms with Crippen molar-refractivity contribution < 1.29 is 28.7 Å². The van der Waals surface area contributed by atoms with E-state index in [0.29, 0.717) is 94.9 Å². The van der Waals surface area contributed by atoms with Crippen LogP contribution in [0.2, 0.25) is 0 Å². The van der Waals surface area contributed by atoms with Crippen molar-refractivity contribution in [3.8, 4) is 5.75 Å². The first-order valence-electron chi connectivity index (χ1n) is 21.1. The Morgan fingerprint density at radius 2 is 1.56 bits per heavy atom. The van der Waals surface area contributed by atoms with E-state index in [4.69, 9.17) is 20.4 Å². The van der Waals surface area contributed by atoms with Crippen LogP contribution in [-0.4, -0.2) is 119 Å². The first-order chi connectivity index (χ1) is 30.8. The van der Waals surface area contributed by atoms with E-state index in [0.717, 1.165) is 41.3 Å². The number of aldehydes is 1. The zero-order valence-electron chi connectivity index (χ0n) is 36.8. The summed E-state index contributed by atoms with van der Waals surface area (Å²) in [5.41, 5.74) is 10.4. The van der Waals surface area contributed by atoms with Gasteiger partial charge in [-0.25, -0.2) is 15.0 Å². The third kappa shape index (κ3) is 9.88. The minimum atomic E-state index is -0.658. The molecule has 18 nitrogen and oxygen atoms in total. The van der Waals surface area contributed by atoms with Gasteiger partial charge >= 0.3 is 0 Å². The van der Waals surface area contributed by atoms with Gasteiger partial charge in [0.25, 0.3) is 11.8 Å². The van der Waals surface area contributed by atoms with E-state index in [-0.39, 0.29) is 36.4 Å². The van der Waals surface area contributed by atoms with Crippen molar-refractivity contribution in [1.29, 1.82) is 0 Å². The molecule has 1 aliphatic rings. The van der Waals surface area contributed by atoms with Gasteiger partial charge in [-0.15, -0.1) is 23.1 Å². The van der Waals surface area contributed by atoms with E-state index in [1.165, 1.54) is 23.1 Å². The fraction of sp³-hybridized carbons (Fsp3) is 0.386. The number of allylic oxidation sites excluding steroid dienone is 2. The molecule has 4 aromatic heterocycles. The number of fused-ring (bicyclic) bond motifs is 2. The molecule has 1 aliphatic heterocycles. The fourth-order valence-corrected chi connectivity index (χ4v) is 9.36. The van der Waals surface area contributed by atoms with Crippen molar-refractivity contribution in [3.05, 3.63) is 80.6 Å². The lowest BCUT2D eigenvalue weighted by Gasteiger charge is -2.34. The summed E-state index contributed by atoms with van der Waals surface area (Å²) in [4.78, 5) is 83.5. The maximum atomic E-state index is 13.9. The van der Waals surface area contributed by atoms with E-state index in [9.17, 15) is 24.0 Å². The number of thioether (sulfide) groups is 1. The normalized spacial score (nSPS) is 13.3. The standard InChI is InChI=1S/C44H52N12O6S2/c1-7-31-39(64-27(4)46-31)42(61)50-44-47-32-21-29(25-57)22-36(63-6)38(32)55(44)14-10-9-13-54-37-33(48-43(54)49-41(60)34-20-26(3)51-56(34)8-2)23-30(40(45)59)24-35(37)62-19-11-12-52-15-17-53(18-16-52)28(5)58/h9-10,20-25H,7-8,11-19H2,1-6H3,(H2,45,59)(H,47,50,61)(H,48,49,60)/b10-9+. The number of aromatic nitrogens is 7. The summed E-state index contributed by atoms with van der Waals surface area (Å²) in [7, 11) is 0. The van der Waals surface area contributed by atoms with Crippen LogP contribution in [0.5, 0.6) is 5.75 Å². The molecule has 0 aliphatic carbocycles. The fourth-order valence-electron chi connectivity index (χ4n) is 7.80. The van der Waals surface area contributed by atoms with Gasteiger partial charge in [-0.3, -0.25) is 44.2 Å². The van der Waals surface area contributed by atoms with Crippen molar-refractivity contribution in [2.45, 2.75) is 72.0 Å². The topological polar surface area (TPSA) is 217 Å². The summed E-state index contributed by atoms with van der Waals surface area (Å²) in [6, 6.07) is 8.37. The molecule has 1 saturated heterocycles. The Morgan fingerprint density at radius 3 is 2.19 bits per heavy atom. The van der Waals surface area contributed by atoms with Crippen LogP contribution in [-0.2, 0) is 30.8 Å². The largest absolute Gasteiger partial charge is 0.491 e. The van der Waals surface area contributed by atoms with Crippen molar-refractivity contribution in [3.63, 3.8) is 0 Å². The first-order valence-corrected chi connectivity index (χ1v) is 23.1. The third-order valence-electron chi connectivity index (χ3n) is 10.9. The van der Waals surface area contributed by atoms with E-state index in [2.05, 4.69) is 25.6 Å². The number of nitrogens with zero attached hydrogens (tertiary/aromatic N) is 9. The number of nitrogens with one attached hydrogen (secondary N) is 2. The molecule has 0 saturated carbocycles. The van der Waals surface area contributed by atoms with Crippen molar-refractivity contribution in [2.75, 3.05) is 56.2 Å². The third-order valence-corrected chi connectivity index (χ3v) is 12.7. The predicted molar refractivity (Wildman–Crippen MR) is 248 cm³/mol. The molecule has 5 heterocycles. The number of nitrogens with two attached hydrogens (primary N) is 1. The summed E-state index contributed by atoms with van der Waals surface area (Å²) in [6.07, 6.45) is 7.78. The molecule has 336 valence electrons. The number of carbonyl (C=O) groups is 5. The van der Waals surface area contributed by atoms with Gasteiger partial charge in [-0.2, -0.15) is 5.10 Å². The Balaban J connectivity index is 1.22. The maximum Gasteiger partial charge on any atom is 0.276 e. The molecule has 1 fully saturated rings. The van der Waals surface area contributed by atoms with Crippen LogP contribution in [0.15, 0.2) is 47.4 Å². The Labute approximate surface area is 378 Å². The highest BCUT2D eigenvalue weighted by molar-refractivity contribution is 7.98. The van der Waals surface area contributed by atoms with Crippen LogP contribution < -0.4 is 21.1 Å². The van der Waals surface area contributed by atoms with E-state index in [1.807, 2.05) is 55.6 Å². The highest BCUT2D eigenvalue weighted by Gasteiger charge is 2.24. The molecular formula is C44H52N12O6S2. The number of anilines is 2. The molecule has 0 spiro atoms. The number of thiazole rings is 1. The summed E-state index contributed by atoms with van der Waals surface area (Å²) >= 11 is 2.78. The molecule has 4 N–H and O–H groups in total. The van der Waals surface area contributed by atoms with Gasteiger partial charge in [0.2, 0.25) is 23.7 Å². The quantitative estimate of drug-likeness (QED) is 0.0418. The Morgan fingerprint density at radius 1 is 0.891 bits per heavy atom. The van der Waals surface area contributed by atoms with Crippen LogP contribution in [0.1, 0.15) is 84.5 Å². The Bertz CT molecular complexity index is 2780. The number of hydrogen-bond acceptors (Lipinski definition) is 13. The summed E-state index contributed by atoms with van der Waals surface area (Å²) in [6.45, 7) is 14.0. The lowest BCUT2D eigenvalue weighted by Crippen LogP contribution is -2.48. The monoisotopic (exact) mass is 908 g/mol. The van der Waals surface area contributed by atoms with Crippen LogP contribution >= 0.6 is 23.1 Å². The van der Waals surface area contributed by atoms with Gasteiger partial charge in [-0.05, 0) is 70.2 Å². The number of amides is 4. The molecule has 0 unspecified atom stereocenters. The average molecular weight is 909 g/mol. The van der Waals surface area contributed by atoms with Gasteiger partial charge < -0.3 is 24.5 Å². The number of carbonyl (C=O) groups excluding carboxylic acids is 5. The Kier molecular flexibility index (Phi) is 14.3. The summed E-state index contributed by atoms with van der Waals surface area (Å²) in [5.74, 6) is -0.450. The second kappa shape index (κ2) is 20.0. The average Bonchev–Trinajstić information content (AvgIpc) is 4.05. The van der Waals surface area contributed by atoms with Crippen LogP contribution in [0, 0.1) is 13.8 Å². The predicted octanol–water partition coefficient (Wildman–Crippen LogP) is 5.57. The van der Waals surface area contributed by atoms with Gasteiger partial charge in [0.1, 0.15) is 28.1 Å². The second-order valence-electron chi connectivity index (χ2n) is 15.3. The number of ether oxygens (including phenoxy) is 1. The second-order valence-corrected chi connectivity index (χ2v) is 17.3. The van der Waals surface area contributed by atoms with E-state index >= 15 is 0 Å². The summed E-state index contributed by atoms with van der Waals surface area (Å²) in [5, 5.41) is 11.2. The summed E-state index contributed by atoms with van der Waals surface area (Å²) < 4.78 is 11.7. The molecule has 20 heteroatoms. The van der Waals surface area contributed by atoms with Crippen LogP contribution in [0.25, 0.3) is 22.1 Å². The molecular weight excluding hydrogens is 857 g/mol. The van der Waals surface area contributed by atoms with Crippen LogP contribution in [0.4, 0.5) is 11.9 Å². The minimum Gasteiger partial charge on any atom is -0.491 e. The maximum absolute atomic E-state index is 13.9. The SMILES string of the molecule is CCc1nc(C)sc1C(=O)Nc1nc2cc(C=O)cc(SC)c2n1C/C=C/Cn1c(NC(=O)c2cc(C)nn2CC)nc2cc(C(N)=O)cc(OCCCN3CCN(C(C)=O)CC3)c21. The molecule has 4 amide bonds. The Hall–Kier alpha value is -6.38. The lowest BCUT2D eigenvalue weighted by molar-refractivity contribution is -0.130. The van der Waals surface area contributed by atoms with Gasteiger partial charge in [-0.1, -0.05) is 19.1 Å². The number of imidazole rings is 2. The number of primary amides is 1. The van der Waals surface area contributed by atoms with Gasteiger partial charge in [0, 0.05) is 75.3 Å². The molecule has 64 heavy (non-hydrogen) atoms. The zero-order chi connectivity index (χ0) is 45.7. The zero-order valence-corrected chi connectivity index (χ0v) is 38.4. The molecule has 0 atom stereocenters. The van der Waals surface area contributed by atoms with Crippen LogP contribution in [0.3, 0.4) is 0 Å². The van der Waals surface area contributed by atoms with Crippen molar-refractivity contribution in [2.24, 2.45) is 5.73 Å². The van der Waals surface area contributed by atoms with E-state index < -0.39 is 11.8 Å². The number of aryl methyl sites for hydroxylation is 4.